The number of benzene rings is 1. The van der Waals surface area contributed by atoms with Gasteiger partial charge in [-0.3, -0.25) is 0 Å². The van der Waals surface area contributed by atoms with Gasteiger partial charge in [0.15, 0.2) is 0 Å². The first-order valence-corrected chi connectivity index (χ1v) is 6.72. The third-order valence-electron chi connectivity index (χ3n) is 3.03. The number of carbonyl (C=O) groups is 2. The lowest BCUT2D eigenvalue weighted by Crippen LogP contribution is -2.43. The Balaban J connectivity index is 2.13. The van der Waals surface area contributed by atoms with E-state index in [1.165, 1.54) is 0 Å². The summed E-state index contributed by atoms with van der Waals surface area (Å²) in [5.41, 5.74) is 1.77. The highest BCUT2D eigenvalue weighted by molar-refractivity contribution is 5.85. The second kappa shape index (κ2) is 6.30. The molecule has 0 saturated heterocycles. The van der Waals surface area contributed by atoms with Crippen molar-refractivity contribution in [2.75, 3.05) is 0 Å². The molecule has 2 rings (SSSR count). The largest absolute Gasteiger partial charge is 0.480 e. The Morgan fingerprint density at radius 1 is 1.33 bits per heavy atom. The van der Waals surface area contributed by atoms with Crippen molar-refractivity contribution in [2.45, 2.75) is 32.4 Å². The number of H-pyrrole nitrogens is 1. The first-order chi connectivity index (χ1) is 9.97. The molecule has 6 nitrogen and oxygen atoms in total. The molecule has 0 radical (unpaired) electrons. The number of hydrogen-bond acceptors (Lipinski definition) is 3. The van der Waals surface area contributed by atoms with Crippen molar-refractivity contribution in [3.05, 3.63) is 36.0 Å². The summed E-state index contributed by atoms with van der Waals surface area (Å²) in [4.78, 5) is 25.9. The number of alkyl carbamates (subject to hydrolysis) is 1. The van der Waals surface area contributed by atoms with Crippen molar-refractivity contribution in [3.8, 4) is 0 Å². The molecule has 1 amide bonds. The van der Waals surface area contributed by atoms with Crippen LogP contribution < -0.4 is 5.32 Å². The number of para-hydroxylation sites is 1. The molecule has 0 aliphatic rings. The summed E-state index contributed by atoms with van der Waals surface area (Å²) >= 11 is 0. The summed E-state index contributed by atoms with van der Waals surface area (Å²) in [5.74, 6) is -1.10. The molecule has 0 fully saturated rings. The van der Waals surface area contributed by atoms with Crippen LogP contribution in [0.15, 0.2) is 30.5 Å². The fourth-order valence-electron chi connectivity index (χ4n) is 2.11. The predicted molar refractivity (Wildman–Crippen MR) is 78.2 cm³/mol. The fraction of sp³-hybridized carbons (Fsp3) is 0.333. The van der Waals surface area contributed by atoms with E-state index in [1.807, 2.05) is 24.3 Å². The first-order valence-electron chi connectivity index (χ1n) is 6.72. The summed E-state index contributed by atoms with van der Waals surface area (Å²) in [6, 6.07) is 6.57. The zero-order valence-electron chi connectivity index (χ0n) is 11.9. The number of fused-ring (bicyclic) bond motifs is 1. The Labute approximate surface area is 122 Å². The van der Waals surface area contributed by atoms with Crippen LogP contribution in [0.1, 0.15) is 19.4 Å². The van der Waals surface area contributed by atoms with Crippen molar-refractivity contribution >= 4 is 23.0 Å². The maximum atomic E-state index is 11.6. The van der Waals surface area contributed by atoms with Crippen LogP contribution in [0, 0.1) is 0 Å². The first kappa shape index (κ1) is 14.9. The van der Waals surface area contributed by atoms with Gasteiger partial charge in [0.1, 0.15) is 6.04 Å². The molecule has 0 aliphatic heterocycles. The van der Waals surface area contributed by atoms with E-state index in [4.69, 9.17) is 4.74 Å². The predicted octanol–water partition coefficient (Wildman–Crippen LogP) is 2.30. The summed E-state index contributed by atoms with van der Waals surface area (Å²) in [6.07, 6.45) is 0.924. The number of amides is 1. The van der Waals surface area contributed by atoms with Gasteiger partial charge in [-0.1, -0.05) is 18.2 Å². The number of nitrogens with one attached hydrogen (secondary N) is 2. The van der Waals surface area contributed by atoms with Crippen LogP contribution in [0.3, 0.4) is 0 Å². The Bertz CT molecular complexity index is 648. The van der Waals surface area contributed by atoms with Crippen LogP contribution in [0.2, 0.25) is 0 Å². The van der Waals surface area contributed by atoms with Gasteiger partial charge in [0.25, 0.3) is 0 Å². The number of aromatic nitrogens is 1. The number of aliphatic carboxylic acids is 1. The molecule has 0 aliphatic carbocycles. The maximum absolute atomic E-state index is 11.6. The second-order valence-electron chi connectivity index (χ2n) is 5.05. The van der Waals surface area contributed by atoms with Crippen molar-refractivity contribution in [1.82, 2.24) is 10.3 Å². The van der Waals surface area contributed by atoms with Gasteiger partial charge in [-0.2, -0.15) is 0 Å². The third-order valence-corrected chi connectivity index (χ3v) is 3.03. The number of carbonyl (C=O) groups excluding carboxylic acids is 1. The lowest BCUT2D eigenvalue weighted by atomic mass is 10.1. The molecule has 0 bridgehead atoms. The summed E-state index contributed by atoms with van der Waals surface area (Å²) in [6.45, 7) is 3.41. The summed E-state index contributed by atoms with van der Waals surface area (Å²) in [7, 11) is 0. The van der Waals surface area contributed by atoms with E-state index < -0.39 is 18.1 Å². The quantitative estimate of drug-likeness (QED) is 0.788. The molecule has 1 aromatic heterocycles. The van der Waals surface area contributed by atoms with E-state index in [0.29, 0.717) is 0 Å². The van der Waals surface area contributed by atoms with E-state index >= 15 is 0 Å². The average molecular weight is 290 g/mol. The monoisotopic (exact) mass is 290 g/mol. The van der Waals surface area contributed by atoms with Gasteiger partial charge in [-0.15, -0.1) is 0 Å². The van der Waals surface area contributed by atoms with Crippen molar-refractivity contribution in [2.24, 2.45) is 0 Å². The van der Waals surface area contributed by atoms with Crippen LogP contribution in [0.25, 0.3) is 10.9 Å². The van der Waals surface area contributed by atoms with Crippen molar-refractivity contribution < 1.29 is 19.4 Å². The number of carboxylic acid groups (broad SMARTS) is 1. The molecular weight excluding hydrogens is 272 g/mol. The van der Waals surface area contributed by atoms with E-state index in [9.17, 15) is 14.7 Å². The van der Waals surface area contributed by atoms with Gasteiger partial charge in [-0.05, 0) is 25.5 Å². The van der Waals surface area contributed by atoms with Gasteiger partial charge in [0.05, 0.1) is 6.10 Å². The van der Waals surface area contributed by atoms with Crippen LogP contribution >= 0.6 is 0 Å². The van der Waals surface area contributed by atoms with Gasteiger partial charge >= 0.3 is 12.1 Å². The number of rotatable bonds is 5. The number of carboxylic acids is 1. The molecule has 2 aromatic rings. The van der Waals surface area contributed by atoms with E-state index in [1.54, 1.807) is 20.0 Å². The highest BCUT2D eigenvalue weighted by atomic mass is 16.6. The topological polar surface area (TPSA) is 91.4 Å². The van der Waals surface area contributed by atoms with Gasteiger partial charge < -0.3 is 20.1 Å². The molecule has 0 saturated carbocycles. The van der Waals surface area contributed by atoms with E-state index in [-0.39, 0.29) is 12.5 Å². The number of hydrogen-bond donors (Lipinski definition) is 3. The zero-order chi connectivity index (χ0) is 15.4. The highest BCUT2D eigenvalue weighted by Gasteiger charge is 2.22. The normalized spacial score (nSPS) is 12.3. The molecule has 6 heteroatoms. The van der Waals surface area contributed by atoms with Crippen molar-refractivity contribution in [3.63, 3.8) is 0 Å². The Morgan fingerprint density at radius 2 is 2.05 bits per heavy atom. The standard InChI is InChI=1S/C15H18N2O4/c1-9(2)21-15(20)17-13(14(18)19)7-10-8-16-12-6-4-3-5-11(10)12/h3-6,8-9,13,16H,7H2,1-2H3,(H,17,20)(H,18,19). The molecule has 21 heavy (non-hydrogen) atoms. The second-order valence-corrected chi connectivity index (χ2v) is 5.05. The molecule has 112 valence electrons. The molecular formula is C15H18N2O4. The maximum Gasteiger partial charge on any atom is 0.408 e. The van der Waals surface area contributed by atoms with E-state index in [0.717, 1.165) is 16.5 Å². The van der Waals surface area contributed by atoms with Gasteiger partial charge in [-0.25, -0.2) is 9.59 Å². The lowest BCUT2D eigenvalue weighted by Gasteiger charge is -2.15. The van der Waals surface area contributed by atoms with E-state index in [2.05, 4.69) is 10.3 Å². The fourth-order valence-corrected chi connectivity index (χ4v) is 2.11. The lowest BCUT2D eigenvalue weighted by molar-refractivity contribution is -0.139. The van der Waals surface area contributed by atoms with Crippen LogP contribution in [-0.2, 0) is 16.0 Å². The van der Waals surface area contributed by atoms with Crippen LogP contribution in [0.5, 0.6) is 0 Å². The smallest absolute Gasteiger partial charge is 0.408 e. The van der Waals surface area contributed by atoms with Crippen LogP contribution in [0.4, 0.5) is 4.79 Å². The molecule has 1 unspecified atom stereocenters. The van der Waals surface area contributed by atoms with Gasteiger partial charge in [0, 0.05) is 23.5 Å². The van der Waals surface area contributed by atoms with Crippen LogP contribution in [-0.4, -0.2) is 34.3 Å². The number of ether oxygens (including phenoxy) is 1. The molecule has 1 atom stereocenters. The summed E-state index contributed by atoms with van der Waals surface area (Å²) in [5, 5.41) is 12.6. The van der Waals surface area contributed by atoms with Gasteiger partial charge in [0.2, 0.25) is 0 Å². The minimum atomic E-state index is -1.10. The minimum Gasteiger partial charge on any atom is -0.480 e. The average Bonchev–Trinajstić information content (AvgIpc) is 2.80. The number of aromatic amines is 1. The summed E-state index contributed by atoms with van der Waals surface area (Å²) < 4.78 is 4.92. The molecule has 1 heterocycles. The Kier molecular flexibility index (Phi) is 4.47. The highest BCUT2D eigenvalue weighted by Crippen LogP contribution is 2.19. The Hall–Kier alpha value is -2.50. The molecule has 3 N–H and O–H groups in total. The SMILES string of the molecule is CC(C)OC(=O)NC(Cc1c[nH]c2ccccc12)C(=O)O. The minimum absolute atomic E-state index is 0.187. The zero-order valence-corrected chi connectivity index (χ0v) is 11.9. The Morgan fingerprint density at radius 3 is 2.71 bits per heavy atom. The molecule has 0 spiro atoms. The third kappa shape index (κ3) is 3.75. The molecule has 1 aromatic carbocycles. The van der Waals surface area contributed by atoms with Crippen molar-refractivity contribution in [1.29, 1.82) is 0 Å².